The van der Waals surface area contributed by atoms with Crippen molar-refractivity contribution in [3.8, 4) is 6.07 Å². The first-order valence-electron chi connectivity index (χ1n) is 6.23. The van der Waals surface area contributed by atoms with Crippen molar-refractivity contribution in [1.82, 2.24) is 0 Å². The smallest absolute Gasteiger partial charge is 0.103 e. The minimum atomic E-state index is 0.282. The highest BCUT2D eigenvalue weighted by molar-refractivity contribution is 7.98. The van der Waals surface area contributed by atoms with Gasteiger partial charge in [0.05, 0.1) is 11.3 Å². The largest absolute Gasteiger partial charge is 0.396 e. The lowest BCUT2D eigenvalue weighted by Gasteiger charge is -2.33. The number of hydrogen-bond donors (Lipinski definition) is 1. The van der Waals surface area contributed by atoms with Crippen LogP contribution in [0.4, 0.5) is 5.69 Å². The second kappa shape index (κ2) is 6.12. The van der Waals surface area contributed by atoms with E-state index in [0.29, 0.717) is 5.92 Å². The third kappa shape index (κ3) is 2.63. The second-order valence-corrected chi connectivity index (χ2v) is 5.43. The van der Waals surface area contributed by atoms with Gasteiger partial charge in [-0.2, -0.15) is 5.26 Å². The molecule has 0 atom stereocenters. The first-order chi connectivity index (χ1) is 8.80. The van der Waals surface area contributed by atoms with Crippen LogP contribution in [0.15, 0.2) is 23.1 Å². The Labute approximate surface area is 112 Å². The van der Waals surface area contributed by atoms with Gasteiger partial charge in [0, 0.05) is 24.6 Å². The molecule has 0 radical (unpaired) electrons. The lowest BCUT2D eigenvalue weighted by molar-refractivity contribution is 0.203. The number of rotatable bonds is 3. The molecule has 2 rings (SSSR count). The van der Waals surface area contributed by atoms with Gasteiger partial charge in [-0.25, -0.2) is 0 Å². The van der Waals surface area contributed by atoms with Crippen LogP contribution < -0.4 is 4.90 Å². The Kier molecular flexibility index (Phi) is 4.51. The Bertz CT molecular complexity index is 448. The van der Waals surface area contributed by atoms with Crippen LogP contribution in [0.25, 0.3) is 0 Å². The molecule has 0 unspecified atom stereocenters. The molecule has 18 heavy (non-hydrogen) atoms. The fraction of sp³-hybridized carbons (Fsp3) is 0.500. The van der Waals surface area contributed by atoms with E-state index in [2.05, 4.69) is 11.0 Å². The molecule has 0 aliphatic carbocycles. The average Bonchev–Trinajstić information content (AvgIpc) is 2.46. The Hall–Kier alpha value is -1.18. The fourth-order valence-electron chi connectivity index (χ4n) is 2.42. The zero-order chi connectivity index (χ0) is 13.0. The molecule has 0 aromatic heterocycles. The van der Waals surface area contributed by atoms with Gasteiger partial charge in [-0.05, 0) is 37.1 Å². The number of aliphatic hydroxyl groups is 1. The van der Waals surface area contributed by atoms with Crippen molar-refractivity contribution in [3.05, 3.63) is 23.8 Å². The molecule has 0 spiro atoms. The summed E-state index contributed by atoms with van der Waals surface area (Å²) in [5.41, 5.74) is 1.83. The number of nitrogens with zero attached hydrogens (tertiary/aromatic N) is 2. The predicted molar refractivity (Wildman–Crippen MR) is 75.0 cm³/mol. The molecule has 96 valence electrons. The van der Waals surface area contributed by atoms with Crippen LogP contribution in [-0.2, 0) is 0 Å². The molecule has 4 heteroatoms. The van der Waals surface area contributed by atoms with E-state index in [9.17, 15) is 5.26 Å². The minimum absolute atomic E-state index is 0.282. The molecule has 1 aliphatic rings. The summed E-state index contributed by atoms with van der Waals surface area (Å²) >= 11 is 1.61. The molecule has 0 saturated carbocycles. The van der Waals surface area contributed by atoms with Crippen molar-refractivity contribution in [3.63, 3.8) is 0 Å². The molecule has 1 aromatic rings. The normalized spacial score (nSPS) is 16.6. The van der Waals surface area contributed by atoms with E-state index in [1.54, 1.807) is 11.8 Å². The monoisotopic (exact) mass is 262 g/mol. The van der Waals surface area contributed by atoms with Crippen LogP contribution in [0, 0.1) is 17.2 Å². The van der Waals surface area contributed by atoms with Crippen molar-refractivity contribution in [2.45, 2.75) is 17.7 Å². The molecule has 1 heterocycles. The molecule has 0 bridgehead atoms. The highest BCUT2D eigenvalue weighted by Crippen LogP contribution is 2.31. The van der Waals surface area contributed by atoms with E-state index in [-0.39, 0.29) is 6.61 Å². The van der Waals surface area contributed by atoms with Gasteiger partial charge in [-0.1, -0.05) is 6.07 Å². The topological polar surface area (TPSA) is 47.3 Å². The van der Waals surface area contributed by atoms with Gasteiger partial charge in [0.25, 0.3) is 0 Å². The molecule has 3 nitrogen and oxygen atoms in total. The van der Waals surface area contributed by atoms with Crippen LogP contribution in [0.5, 0.6) is 0 Å². The van der Waals surface area contributed by atoms with Crippen LogP contribution in [0.3, 0.4) is 0 Å². The van der Waals surface area contributed by atoms with E-state index in [1.807, 2.05) is 24.5 Å². The number of thioether (sulfide) groups is 1. The molecule has 0 amide bonds. The summed E-state index contributed by atoms with van der Waals surface area (Å²) in [5, 5.41) is 18.5. The van der Waals surface area contributed by atoms with Crippen molar-refractivity contribution >= 4 is 17.4 Å². The van der Waals surface area contributed by atoms with Gasteiger partial charge < -0.3 is 10.0 Å². The third-order valence-electron chi connectivity index (χ3n) is 3.55. The predicted octanol–water partition coefficient (Wildman–Crippen LogP) is 2.49. The Balaban J connectivity index is 2.22. The van der Waals surface area contributed by atoms with E-state index in [4.69, 9.17) is 5.11 Å². The van der Waals surface area contributed by atoms with E-state index in [0.717, 1.165) is 42.1 Å². The first-order valence-corrected chi connectivity index (χ1v) is 7.45. The highest BCUT2D eigenvalue weighted by atomic mass is 32.2. The maximum Gasteiger partial charge on any atom is 0.103 e. The standard InChI is InChI=1S/C14H18N2OS/c1-18-14-4-2-3-13(12(14)9-15)16-7-5-11(10-17)6-8-16/h2-4,11,17H,5-8,10H2,1H3. The van der Waals surface area contributed by atoms with E-state index >= 15 is 0 Å². The van der Waals surface area contributed by atoms with Crippen LogP contribution in [0.1, 0.15) is 18.4 Å². The van der Waals surface area contributed by atoms with Gasteiger partial charge in [0.1, 0.15) is 6.07 Å². The van der Waals surface area contributed by atoms with Crippen molar-refractivity contribution < 1.29 is 5.11 Å². The maximum absolute atomic E-state index is 9.33. The fourth-order valence-corrected chi connectivity index (χ4v) is 2.99. The van der Waals surface area contributed by atoms with E-state index in [1.165, 1.54) is 0 Å². The van der Waals surface area contributed by atoms with Crippen molar-refractivity contribution in [2.24, 2.45) is 5.92 Å². The first kappa shape index (κ1) is 13.3. The summed E-state index contributed by atoms with van der Waals surface area (Å²) in [6.07, 6.45) is 4.01. The van der Waals surface area contributed by atoms with Crippen molar-refractivity contribution in [2.75, 3.05) is 30.9 Å². The molecule has 1 aliphatic heterocycles. The highest BCUT2D eigenvalue weighted by Gasteiger charge is 2.21. The third-order valence-corrected chi connectivity index (χ3v) is 4.33. The van der Waals surface area contributed by atoms with Gasteiger partial charge >= 0.3 is 0 Å². The molecular formula is C14H18N2OS. The minimum Gasteiger partial charge on any atom is -0.396 e. The lowest BCUT2D eigenvalue weighted by atomic mass is 9.97. The summed E-state index contributed by atoms with van der Waals surface area (Å²) in [6, 6.07) is 8.36. The van der Waals surface area contributed by atoms with Gasteiger partial charge in [-0.3, -0.25) is 0 Å². The number of piperidine rings is 1. The Morgan fingerprint density at radius 1 is 1.44 bits per heavy atom. The molecule has 1 aromatic carbocycles. The number of benzene rings is 1. The van der Waals surface area contributed by atoms with Crippen LogP contribution >= 0.6 is 11.8 Å². The molecule has 1 fully saturated rings. The van der Waals surface area contributed by atoms with Gasteiger partial charge in [-0.15, -0.1) is 11.8 Å². The second-order valence-electron chi connectivity index (χ2n) is 4.58. The number of hydrogen-bond acceptors (Lipinski definition) is 4. The van der Waals surface area contributed by atoms with Gasteiger partial charge in [0.2, 0.25) is 0 Å². The number of aliphatic hydroxyl groups excluding tert-OH is 1. The average molecular weight is 262 g/mol. The SMILES string of the molecule is CSc1cccc(N2CCC(CO)CC2)c1C#N. The molecule has 1 N–H and O–H groups in total. The summed E-state index contributed by atoms with van der Waals surface area (Å²) in [4.78, 5) is 3.31. The van der Waals surface area contributed by atoms with E-state index < -0.39 is 0 Å². The Morgan fingerprint density at radius 3 is 2.72 bits per heavy atom. The summed E-state index contributed by atoms with van der Waals surface area (Å²) in [7, 11) is 0. The van der Waals surface area contributed by atoms with Crippen LogP contribution in [0.2, 0.25) is 0 Å². The summed E-state index contributed by atoms with van der Waals surface area (Å²) in [6.45, 7) is 2.14. The van der Waals surface area contributed by atoms with Crippen molar-refractivity contribution in [1.29, 1.82) is 5.26 Å². The number of nitriles is 1. The molecule has 1 saturated heterocycles. The summed E-state index contributed by atoms with van der Waals surface area (Å²) < 4.78 is 0. The van der Waals surface area contributed by atoms with Crippen LogP contribution in [-0.4, -0.2) is 31.1 Å². The summed E-state index contributed by atoms with van der Waals surface area (Å²) in [5.74, 6) is 0.426. The zero-order valence-electron chi connectivity index (χ0n) is 10.6. The lowest BCUT2D eigenvalue weighted by Crippen LogP contribution is -2.35. The zero-order valence-corrected chi connectivity index (χ0v) is 11.4. The number of anilines is 1. The van der Waals surface area contributed by atoms with Gasteiger partial charge in [0.15, 0.2) is 0 Å². The Morgan fingerprint density at radius 2 is 2.17 bits per heavy atom. The molecular weight excluding hydrogens is 244 g/mol. The maximum atomic E-state index is 9.33. The quantitative estimate of drug-likeness (QED) is 0.850.